The van der Waals surface area contributed by atoms with Gasteiger partial charge < -0.3 is 4.74 Å². The maximum Gasteiger partial charge on any atom is 0.0792 e. The first kappa shape index (κ1) is 6.41. The third kappa shape index (κ3) is 0.807. The van der Waals surface area contributed by atoms with E-state index in [0.29, 0.717) is 12.2 Å². The minimum atomic E-state index is 0.425. The summed E-state index contributed by atoms with van der Waals surface area (Å²) in [4.78, 5) is 0. The van der Waals surface area contributed by atoms with E-state index >= 15 is 0 Å². The summed E-state index contributed by atoms with van der Waals surface area (Å²) in [6.07, 6.45) is 6.52. The molecule has 1 unspecified atom stereocenters. The van der Waals surface area contributed by atoms with Crippen LogP contribution in [0.4, 0.5) is 0 Å². The molecule has 1 fully saturated rings. The zero-order valence-electron chi connectivity index (χ0n) is 6.58. The van der Waals surface area contributed by atoms with Gasteiger partial charge in [0, 0.05) is 0 Å². The summed E-state index contributed by atoms with van der Waals surface area (Å²) in [5.74, 6) is 1.55. The van der Waals surface area contributed by atoms with E-state index in [0.717, 1.165) is 11.8 Å². The largest absolute Gasteiger partial charge is 0.367 e. The topological polar surface area (TPSA) is 9.23 Å². The van der Waals surface area contributed by atoms with Crippen molar-refractivity contribution in [3.8, 4) is 0 Å². The van der Waals surface area contributed by atoms with Gasteiger partial charge in [-0.3, -0.25) is 0 Å². The van der Waals surface area contributed by atoms with Crippen molar-refractivity contribution < 1.29 is 4.74 Å². The highest BCUT2D eigenvalue weighted by Crippen LogP contribution is 2.35. The second kappa shape index (κ2) is 2.09. The molecule has 2 heterocycles. The number of hydrogen-bond donors (Lipinski definition) is 0. The molecular formula is C9H14O. The van der Waals surface area contributed by atoms with E-state index in [-0.39, 0.29) is 0 Å². The van der Waals surface area contributed by atoms with Crippen LogP contribution in [0.1, 0.15) is 20.3 Å². The van der Waals surface area contributed by atoms with Crippen LogP contribution in [0.3, 0.4) is 0 Å². The Hall–Kier alpha value is -0.300. The van der Waals surface area contributed by atoms with Crippen LogP contribution >= 0.6 is 0 Å². The molecule has 0 aliphatic carbocycles. The van der Waals surface area contributed by atoms with Gasteiger partial charge in [-0.05, 0) is 18.3 Å². The molecule has 4 atom stereocenters. The number of ether oxygens (including phenoxy) is 1. The van der Waals surface area contributed by atoms with Crippen molar-refractivity contribution in [3.05, 3.63) is 12.2 Å². The first-order chi connectivity index (χ1) is 4.77. The van der Waals surface area contributed by atoms with Crippen LogP contribution in [0.2, 0.25) is 0 Å². The number of rotatable bonds is 0. The Kier molecular flexibility index (Phi) is 1.34. The van der Waals surface area contributed by atoms with Crippen molar-refractivity contribution in [1.82, 2.24) is 0 Å². The molecule has 0 spiro atoms. The SMILES string of the molecule is CC1C[C@H]2C=C[C@H](O2)[C@H]1C. The molecule has 1 heteroatoms. The average Bonchev–Trinajstić information content (AvgIpc) is 2.29. The van der Waals surface area contributed by atoms with Crippen molar-refractivity contribution in [3.63, 3.8) is 0 Å². The summed E-state index contributed by atoms with van der Waals surface area (Å²) in [5.41, 5.74) is 0. The van der Waals surface area contributed by atoms with E-state index in [1.54, 1.807) is 0 Å². The van der Waals surface area contributed by atoms with Gasteiger partial charge >= 0.3 is 0 Å². The maximum atomic E-state index is 5.67. The molecule has 2 aliphatic heterocycles. The fraction of sp³-hybridized carbons (Fsp3) is 0.778. The molecule has 0 radical (unpaired) electrons. The Labute approximate surface area is 62.1 Å². The highest BCUT2D eigenvalue weighted by Gasteiger charge is 2.34. The predicted molar refractivity (Wildman–Crippen MR) is 40.7 cm³/mol. The van der Waals surface area contributed by atoms with E-state index in [1.165, 1.54) is 6.42 Å². The monoisotopic (exact) mass is 138 g/mol. The average molecular weight is 138 g/mol. The quantitative estimate of drug-likeness (QED) is 0.465. The molecule has 0 amide bonds. The lowest BCUT2D eigenvalue weighted by atomic mass is 9.87. The summed E-state index contributed by atoms with van der Waals surface area (Å²) >= 11 is 0. The Morgan fingerprint density at radius 3 is 2.90 bits per heavy atom. The van der Waals surface area contributed by atoms with E-state index in [1.807, 2.05) is 0 Å². The van der Waals surface area contributed by atoms with Gasteiger partial charge in [-0.2, -0.15) is 0 Å². The van der Waals surface area contributed by atoms with Crippen LogP contribution in [0.15, 0.2) is 12.2 Å². The zero-order valence-corrected chi connectivity index (χ0v) is 6.58. The molecule has 2 rings (SSSR count). The molecule has 0 aromatic carbocycles. The van der Waals surface area contributed by atoms with Gasteiger partial charge in [0.15, 0.2) is 0 Å². The lowest BCUT2D eigenvalue weighted by Gasteiger charge is -2.32. The van der Waals surface area contributed by atoms with Crippen LogP contribution in [-0.4, -0.2) is 12.2 Å². The lowest BCUT2D eigenvalue weighted by molar-refractivity contribution is -0.0384. The Morgan fingerprint density at radius 1 is 1.30 bits per heavy atom. The summed E-state index contributed by atoms with van der Waals surface area (Å²) in [6, 6.07) is 0. The van der Waals surface area contributed by atoms with E-state index < -0.39 is 0 Å². The van der Waals surface area contributed by atoms with Gasteiger partial charge in [0.1, 0.15) is 0 Å². The molecule has 56 valence electrons. The smallest absolute Gasteiger partial charge is 0.0792 e. The van der Waals surface area contributed by atoms with Gasteiger partial charge in [-0.1, -0.05) is 26.0 Å². The van der Waals surface area contributed by atoms with E-state index in [9.17, 15) is 0 Å². The Morgan fingerprint density at radius 2 is 2.10 bits per heavy atom. The summed E-state index contributed by atoms with van der Waals surface area (Å²) < 4.78 is 5.67. The fourth-order valence-corrected chi connectivity index (χ4v) is 1.86. The van der Waals surface area contributed by atoms with Crippen molar-refractivity contribution in [2.75, 3.05) is 0 Å². The molecule has 2 aliphatic rings. The van der Waals surface area contributed by atoms with Crippen LogP contribution in [0.25, 0.3) is 0 Å². The second-order valence-corrected chi connectivity index (χ2v) is 3.60. The first-order valence-electron chi connectivity index (χ1n) is 4.11. The molecule has 0 N–H and O–H groups in total. The number of fused-ring (bicyclic) bond motifs is 2. The Bertz CT molecular complexity index is 162. The minimum absolute atomic E-state index is 0.425. The van der Waals surface area contributed by atoms with Crippen molar-refractivity contribution in [1.29, 1.82) is 0 Å². The first-order valence-corrected chi connectivity index (χ1v) is 4.11. The van der Waals surface area contributed by atoms with Gasteiger partial charge in [0.05, 0.1) is 12.2 Å². The highest BCUT2D eigenvalue weighted by molar-refractivity contribution is 5.08. The third-order valence-corrected chi connectivity index (χ3v) is 2.87. The Balaban J connectivity index is 2.16. The van der Waals surface area contributed by atoms with Crippen LogP contribution < -0.4 is 0 Å². The summed E-state index contributed by atoms with van der Waals surface area (Å²) in [7, 11) is 0. The molecular weight excluding hydrogens is 124 g/mol. The van der Waals surface area contributed by atoms with Gasteiger partial charge in [-0.15, -0.1) is 0 Å². The van der Waals surface area contributed by atoms with Crippen LogP contribution in [-0.2, 0) is 4.74 Å². The molecule has 1 nitrogen and oxygen atoms in total. The fourth-order valence-electron chi connectivity index (χ4n) is 1.86. The molecule has 2 bridgehead atoms. The molecule has 0 saturated carbocycles. The highest BCUT2D eigenvalue weighted by atomic mass is 16.5. The standard InChI is InChI=1S/C9H14O/c1-6-5-8-3-4-9(10-8)7(6)2/h3-4,6-9H,5H2,1-2H3/t6?,7-,8+,9-/m0/s1. The maximum absolute atomic E-state index is 5.67. The van der Waals surface area contributed by atoms with E-state index in [4.69, 9.17) is 4.74 Å². The molecule has 10 heavy (non-hydrogen) atoms. The summed E-state index contributed by atoms with van der Waals surface area (Å²) in [6.45, 7) is 4.60. The van der Waals surface area contributed by atoms with Crippen LogP contribution in [0, 0.1) is 11.8 Å². The number of hydrogen-bond acceptors (Lipinski definition) is 1. The van der Waals surface area contributed by atoms with Crippen molar-refractivity contribution in [2.45, 2.75) is 32.5 Å². The predicted octanol–water partition coefficient (Wildman–Crippen LogP) is 1.99. The summed E-state index contributed by atoms with van der Waals surface area (Å²) in [5, 5.41) is 0. The van der Waals surface area contributed by atoms with Gasteiger partial charge in [0.2, 0.25) is 0 Å². The van der Waals surface area contributed by atoms with Crippen molar-refractivity contribution in [2.24, 2.45) is 11.8 Å². The second-order valence-electron chi connectivity index (χ2n) is 3.60. The molecule has 0 aromatic heterocycles. The lowest BCUT2D eigenvalue weighted by Crippen LogP contribution is -2.32. The van der Waals surface area contributed by atoms with Gasteiger partial charge in [0.25, 0.3) is 0 Å². The van der Waals surface area contributed by atoms with E-state index in [2.05, 4.69) is 26.0 Å². The zero-order chi connectivity index (χ0) is 7.14. The van der Waals surface area contributed by atoms with Crippen molar-refractivity contribution >= 4 is 0 Å². The molecule has 0 aromatic rings. The van der Waals surface area contributed by atoms with Crippen LogP contribution in [0.5, 0.6) is 0 Å². The normalized spacial score (nSPS) is 51.8. The minimum Gasteiger partial charge on any atom is -0.367 e. The third-order valence-electron chi connectivity index (χ3n) is 2.87. The van der Waals surface area contributed by atoms with Gasteiger partial charge in [-0.25, -0.2) is 0 Å². The molecule has 1 saturated heterocycles.